The first kappa shape index (κ1) is 46.9. The van der Waals surface area contributed by atoms with Crippen molar-refractivity contribution in [1.29, 1.82) is 0 Å². The zero-order chi connectivity index (χ0) is 45.4. The number of hydrogen-bond donors (Lipinski definition) is 0. The van der Waals surface area contributed by atoms with Gasteiger partial charge in [-0.15, -0.1) is 0 Å². The number of carbonyl (C=O) groups excluding carboxylic acids is 2. The first-order chi connectivity index (χ1) is 30.8. The number of benzene rings is 6. The molecule has 332 valence electrons. The third kappa shape index (κ3) is 10.7. The van der Waals surface area contributed by atoms with Crippen LogP contribution in [-0.4, -0.2) is 64.6 Å². The van der Waals surface area contributed by atoms with Crippen LogP contribution in [0.15, 0.2) is 168 Å². The highest BCUT2D eigenvalue weighted by atomic mass is 35.5. The lowest BCUT2D eigenvalue weighted by Gasteiger charge is -2.30. The molecule has 0 bridgehead atoms. The number of nitrogens with zero attached hydrogens (tertiary/aromatic N) is 4. The van der Waals surface area contributed by atoms with Crippen LogP contribution in [0.1, 0.15) is 48.9 Å². The van der Waals surface area contributed by atoms with Crippen LogP contribution < -0.4 is 8.61 Å². The van der Waals surface area contributed by atoms with Gasteiger partial charge in [0.15, 0.2) is 0 Å². The summed E-state index contributed by atoms with van der Waals surface area (Å²) in [6.07, 6.45) is 3.41. The van der Waals surface area contributed by atoms with E-state index in [1.165, 1.54) is 24.3 Å². The van der Waals surface area contributed by atoms with Gasteiger partial charge in [0.1, 0.15) is 22.9 Å². The van der Waals surface area contributed by atoms with Gasteiger partial charge in [0.25, 0.3) is 20.0 Å². The van der Waals surface area contributed by atoms with E-state index in [1.54, 1.807) is 82.6 Å². The highest BCUT2D eigenvalue weighted by Crippen LogP contribution is 2.36. The van der Waals surface area contributed by atoms with Gasteiger partial charge < -0.3 is 9.80 Å². The zero-order valence-electron chi connectivity index (χ0n) is 34.4. The van der Waals surface area contributed by atoms with E-state index < -0.39 is 20.0 Å². The molecule has 2 saturated heterocycles. The molecule has 0 spiro atoms. The predicted octanol–water partition coefficient (Wildman–Crippen LogP) is 11.1. The summed E-state index contributed by atoms with van der Waals surface area (Å²) >= 11 is 24.4. The molecule has 6 aromatic carbocycles. The fourth-order valence-electron chi connectivity index (χ4n) is 7.99. The van der Waals surface area contributed by atoms with E-state index >= 15 is 0 Å². The quantitative estimate of drug-likeness (QED) is 0.121. The monoisotopic (exact) mass is 976 g/mol. The summed E-state index contributed by atoms with van der Waals surface area (Å²) in [5.41, 5.74) is 2.78. The molecule has 2 atom stereocenters. The Morgan fingerprint density at radius 2 is 0.797 bits per heavy atom. The van der Waals surface area contributed by atoms with Crippen molar-refractivity contribution in [1.82, 2.24) is 9.80 Å². The Bertz CT molecular complexity index is 2600. The molecule has 0 N–H and O–H groups in total. The average molecular weight is 979 g/mol. The summed E-state index contributed by atoms with van der Waals surface area (Å²) in [6, 6.07) is 44.6. The number of sulfonamides is 2. The van der Waals surface area contributed by atoms with Gasteiger partial charge in [-0.05, 0) is 110 Å². The summed E-state index contributed by atoms with van der Waals surface area (Å²) in [7, 11) is -8.19. The number of carbonyl (C=O) groups is 2. The van der Waals surface area contributed by atoms with Gasteiger partial charge >= 0.3 is 0 Å². The number of hydrogen-bond acceptors (Lipinski definition) is 6. The highest BCUT2D eigenvalue weighted by molar-refractivity contribution is 7.93. The molecule has 0 aromatic heterocycles. The molecule has 6 aromatic rings. The van der Waals surface area contributed by atoms with Crippen LogP contribution >= 0.6 is 46.4 Å². The lowest BCUT2D eigenvalue weighted by atomic mass is 10.0. The average Bonchev–Trinajstić information content (AvgIpc) is 4.01. The Hall–Kier alpha value is -5.08. The van der Waals surface area contributed by atoms with Crippen molar-refractivity contribution >= 4 is 89.6 Å². The summed E-state index contributed by atoms with van der Waals surface area (Å²) in [5.74, 6) is -0.524. The maximum Gasteiger partial charge on any atom is 0.266 e. The maximum atomic E-state index is 13.6. The first-order valence-electron chi connectivity index (χ1n) is 20.5. The molecule has 0 aliphatic carbocycles. The minimum atomic E-state index is -4.09. The van der Waals surface area contributed by atoms with Gasteiger partial charge in [0, 0.05) is 23.1 Å². The first-order valence-corrected chi connectivity index (χ1v) is 24.9. The molecule has 2 aliphatic heterocycles. The lowest BCUT2D eigenvalue weighted by molar-refractivity contribution is -0.131. The molecule has 16 heteroatoms. The van der Waals surface area contributed by atoms with Crippen LogP contribution in [-0.2, 0) is 29.6 Å². The number of halogens is 4. The van der Waals surface area contributed by atoms with Crippen molar-refractivity contribution in [3.05, 3.63) is 189 Å². The summed E-state index contributed by atoms with van der Waals surface area (Å²) in [5, 5.41) is 1.14. The summed E-state index contributed by atoms with van der Waals surface area (Å²) in [6.45, 7) is 0.495. The number of amides is 2. The second-order valence-corrected chi connectivity index (χ2v) is 20.5. The molecule has 2 fully saturated rings. The van der Waals surface area contributed by atoms with E-state index in [4.69, 9.17) is 46.4 Å². The Morgan fingerprint density at radius 3 is 1.14 bits per heavy atom. The van der Waals surface area contributed by atoms with E-state index in [0.717, 1.165) is 45.4 Å². The molecular weight excluding hydrogens is 934 g/mol. The van der Waals surface area contributed by atoms with Crippen LogP contribution in [0.4, 0.5) is 11.4 Å². The van der Waals surface area contributed by atoms with Crippen molar-refractivity contribution in [2.24, 2.45) is 0 Å². The van der Waals surface area contributed by atoms with Crippen LogP contribution in [0.3, 0.4) is 0 Å². The van der Waals surface area contributed by atoms with Crippen LogP contribution in [0.25, 0.3) is 0 Å². The Morgan fingerprint density at radius 1 is 0.469 bits per heavy atom. The summed E-state index contributed by atoms with van der Waals surface area (Å²) in [4.78, 5) is 30.2. The fourth-order valence-corrected chi connectivity index (χ4v) is 12.1. The minimum Gasteiger partial charge on any atom is -0.334 e. The second kappa shape index (κ2) is 20.8. The Balaban J connectivity index is 0.000000191. The molecule has 64 heavy (non-hydrogen) atoms. The third-order valence-corrected chi connectivity index (χ3v) is 16.2. The fraction of sp³-hybridized carbons (Fsp3) is 0.208. The molecule has 2 heterocycles. The topological polar surface area (TPSA) is 115 Å². The van der Waals surface area contributed by atoms with Crippen molar-refractivity contribution in [3.8, 4) is 0 Å². The number of rotatable bonds is 12. The van der Waals surface area contributed by atoms with E-state index in [9.17, 15) is 26.4 Å². The second-order valence-electron chi connectivity index (χ2n) is 15.1. The van der Waals surface area contributed by atoms with Gasteiger partial charge in [0.2, 0.25) is 11.8 Å². The standard InChI is InChI=1S/2C24H22Cl2N2O3S/c2*25-19-12-14-20(15-13-19)28(32(30,31)23-11-5-4-9-21(23)26)17-24(29)27-16-6-10-22(27)18-7-2-1-3-8-18/h2*1-5,7-9,11-15,22H,6,10,16-17H2. The maximum absolute atomic E-state index is 13.6. The van der Waals surface area contributed by atoms with Gasteiger partial charge in [-0.25, -0.2) is 16.8 Å². The number of likely N-dealkylation sites (tertiary alicyclic amines) is 2. The predicted molar refractivity (Wildman–Crippen MR) is 255 cm³/mol. The van der Waals surface area contributed by atoms with Crippen LogP contribution in [0.2, 0.25) is 20.1 Å². The minimum absolute atomic E-state index is 0.0505. The van der Waals surface area contributed by atoms with E-state index in [0.29, 0.717) is 34.5 Å². The SMILES string of the molecule is O=C(CN(c1ccc(Cl)cc1)S(=O)(=O)c1ccccc1Cl)N1CCCC1c1ccccc1.O=C(CN(c1ccc(Cl)cc1)S(=O)(=O)c1ccccc1Cl)N1CCCC1c1ccccc1. The lowest BCUT2D eigenvalue weighted by Crippen LogP contribution is -2.43. The normalized spacial score (nSPS) is 16.2. The Kier molecular flexibility index (Phi) is 15.3. The van der Waals surface area contributed by atoms with E-state index in [1.807, 2.05) is 60.7 Å². The van der Waals surface area contributed by atoms with Crippen LogP contribution in [0, 0.1) is 0 Å². The van der Waals surface area contributed by atoms with Crippen molar-refractivity contribution in [3.63, 3.8) is 0 Å². The van der Waals surface area contributed by atoms with Crippen molar-refractivity contribution in [2.45, 2.75) is 47.6 Å². The smallest absolute Gasteiger partial charge is 0.266 e. The zero-order valence-corrected chi connectivity index (χ0v) is 39.0. The largest absolute Gasteiger partial charge is 0.334 e. The molecular formula is C48H44Cl4N4O6S2. The summed E-state index contributed by atoms with van der Waals surface area (Å²) < 4.78 is 56.5. The highest BCUT2D eigenvalue weighted by Gasteiger charge is 2.36. The molecule has 2 unspecified atom stereocenters. The van der Waals surface area contributed by atoms with Crippen molar-refractivity contribution in [2.75, 3.05) is 34.8 Å². The van der Waals surface area contributed by atoms with Crippen LogP contribution in [0.5, 0.6) is 0 Å². The van der Waals surface area contributed by atoms with Gasteiger partial charge in [-0.1, -0.05) is 131 Å². The Labute approximate surface area is 394 Å². The van der Waals surface area contributed by atoms with Gasteiger partial charge in [0.05, 0.1) is 33.5 Å². The molecule has 0 radical (unpaired) electrons. The third-order valence-electron chi connectivity index (χ3n) is 11.1. The number of anilines is 2. The van der Waals surface area contributed by atoms with Crippen molar-refractivity contribution < 1.29 is 26.4 Å². The van der Waals surface area contributed by atoms with Gasteiger partial charge in [-0.3, -0.25) is 18.2 Å². The molecule has 2 aliphatic rings. The van der Waals surface area contributed by atoms with E-state index in [2.05, 4.69) is 0 Å². The van der Waals surface area contributed by atoms with E-state index in [-0.39, 0.29) is 56.8 Å². The molecule has 2 amide bonds. The molecule has 10 nitrogen and oxygen atoms in total. The van der Waals surface area contributed by atoms with Gasteiger partial charge in [-0.2, -0.15) is 0 Å². The molecule has 8 rings (SSSR count). The molecule has 0 saturated carbocycles.